The number of rotatable bonds is 9. The molecule has 3 N–H and O–H groups in total. The van der Waals surface area contributed by atoms with E-state index in [4.69, 9.17) is 4.74 Å². The maximum atomic E-state index is 14.3. The highest BCUT2D eigenvalue weighted by Crippen LogP contribution is 2.74. The van der Waals surface area contributed by atoms with E-state index in [2.05, 4.69) is 10.2 Å². The lowest BCUT2D eigenvalue weighted by atomic mass is 9.98. The third kappa shape index (κ3) is 4.95. The minimum absolute atomic E-state index is 0.0137. The summed E-state index contributed by atoms with van der Waals surface area (Å²) in [5.41, 5.74) is 0.802. The van der Waals surface area contributed by atoms with Crippen LogP contribution < -0.4 is 5.32 Å². The maximum Gasteiger partial charge on any atom is 0.327 e. The fourth-order valence-corrected chi connectivity index (χ4v) is 9.88. The van der Waals surface area contributed by atoms with Crippen molar-refractivity contribution in [1.82, 2.24) is 20.0 Å². The van der Waals surface area contributed by atoms with Gasteiger partial charge in [0.25, 0.3) is 5.24 Å². The molecule has 0 radical (unpaired) electrons. The SMILES string of the molecule is CC1(C)[C@H](C(=O)O)N2C(=O)C[C@H]2S1(CO)C(=O)N(CC(=O)NCCN1CCOCC1)Cc1ccccc1. The first-order valence-electron chi connectivity index (χ1n) is 12.5. The van der Waals surface area contributed by atoms with Gasteiger partial charge in [-0.25, -0.2) is 4.79 Å². The number of hydrogen-bond donors (Lipinski definition) is 3. The summed E-state index contributed by atoms with van der Waals surface area (Å²) in [6.45, 7) is 7.18. The molecule has 0 aromatic heterocycles. The fraction of sp³-hybridized carbons (Fsp3) is 0.600. The predicted molar refractivity (Wildman–Crippen MR) is 138 cm³/mol. The van der Waals surface area contributed by atoms with Crippen molar-refractivity contribution in [3.63, 3.8) is 0 Å². The highest BCUT2D eigenvalue weighted by molar-refractivity contribution is 8.46. The maximum absolute atomic E-state index is 14.3. The van der Waals surface area contributed by atoms with Crippen molar-refractivity contribution < 1.29 is 34.1 Å². The van der Waals surface area contributed by atoms with Crippen LogP contribution in [0.15, 0.2) is 30.3 Å². The summed E-state index contributed by atoms with van der Waals surface area (Å²) in [5, 5.41) is 22.4. The van der Waals surface area contributed by atoms with E-state index in [-0.39, 0.29) is 31.3 Å². The van der Waals surface area contributed by atoms with Crippen LogP contribution in [0.5, 0.6) is 0 Å². The molecule has 1 unspecified atom stereocenters. The summed E-state index contributed by atoms with van der Waals surface area (Å²) >= 11 is 0. The van der Waals surface area contributed by atoms with Crippen LogP contribution in [-0.4, -0.2) is 116 Å². The number of morpholine rings is 1. The molecular formula is C25H36N4O7S. The Morgan fingerprint density at radius 2 is 1.86 bits per heavy atom. The molecule has 1 aromatic carbocycles. The van der Waals surface area contributed by atoms with E-state index in [9.17, 15) is 29.4 Å². The number of carbonyl (C=O) groups excluding carboxylic acids is 3. The summed E-state index contributed by atoms with van der Waals surface area (Å²) < 4.78 is 4.15. The van der Waals surface area contributed by atoms with E-state index in [0.717, 1.165) is 18.7 Å². The minimum Gasteiger partial charge on any atom is -0.480 e. The number of ether oxygens (including phenoxy) is 1. The van der Waals surface area contributed by atoms with Crippen LogP contribution in [-0.2, 0) is 25.7 Å². The number of β-lactam (4-membered cyclic amide) rings is 1. The Morgan fingerprint density at radius 1 is 1.19 bits per heavy atom. The summed E-state index contributed by atoms with van der Waals surface area (Å²) in [6.07, 6.45) is 0.0137. The number of fused-ring (bicyclic) bond motifs is 1. The van der Waals surface area contributed by atoms with Crippen LogP contribution in [0.1, 0.15) is 25.8 Å². The molecule has 3 amide bonds. The van der Waals surface area contributed by atoms with Crippen molar-refractivity contribution in [2.24, 2.45) is 0 Å². The molecule has 0 saturated carbocycles. The zero-order valence-electron chi connectivity index (χ0n) is 21.3. The van der Waals surface area contributed by atoms with Gasteiger partial charge in [-0.2, -0.15) is 0 Å². The molecule has 1 aromatic rings. The Kier molecular flexibility index (Phi) is 8.12. The zero-order valence-corrected chi connectivity index (χ0v) is 22.1. The van der Waals surface area contributed by atoms with Gasteiger partial charge < -0.3 is 30.1 Å². The summed E-state index contributed by atoms with van der Waals surface area (Å²) in [6, 6.07) is 7.99. The molecule has 3 saturated heterocycles. The lowest BCUT2D eigenvalue weighted by Crippen LogP contribution is -2.57. The van der Waals surface area contributed by atoms with Gasteiger partial charge in [-0.15, -0.1) is 10.0 Å². The van der Waals surface area contributed by atoms with Crippen molar-refractivity contribution in [2.75, 3.05) is 51.9 Å². The second-order valence-corrected chi connectivity index (χ2v) is 13.9. The van der Waals surface area contributed by atoms with Gasteiger partial charge in [0.1, 0.15) is 12.6 Å². The smallest absolute Gasteiger partial charge is 0.327 e. The molecule has 3 aliphatic rings. The van der Waals surface area contributed by atoms with Gasteiger partial charge in [0, 0.05) is 37.5 Å². The Hall–Kier alpha value is -2.67. The van der Waals surface area contributed by atoms with Crippen molar-refractivity contribution >= 4 is 33.1 Å². The standard InChI is InChI=1S/C25H36N4O7S/c1-25(2)22(23(33)34)29-20(32)14-21(29)37(25,17-30)24(35)28(15-18-6-4-3-5-7-18)16-19(31)26-8-9-27-10-12-36-13-11-27/h3-7,21-22,30H,8-17H2,1-2H3,(H,26,31)(H,33,34)/t21-,22+/m1/s1. The largest absolute Gasteiger partial charge is 0.480 e. The molecule has 37 heavy (non-hydrogen) atoms. The number of aliphatic carboxylic acids is 1. The second-order valence-electron chi connectivity index (χ2n) is 10.1. The molecular weight excluding hydrogens is 500 g/mol. The first kappa shape index (κ1) is 27.4. The summed E-state index contributed by atoms with van der Waals surface area (Å²) in [7, 11) is -2.76. The average Bonchev–Trinajstić information content (AvgIpc) is 3.04. The number of aliphatic hydroxyl groups is 1. The highest BCUT2D eigenvalue weighted by Gasteiger charge is 2.72. The number of nitrogens with zero attached hydrogens (tertiary/aromatic N) is 3. The van der Waals surface area contributed by atoms with E-state index < -0.39 is 43.3 Å². The number of carboxylic acids is 1. The van der Waals surface area contributed by atoms with E-state index in [1.807, 2.05) is 30.3 Å². The Labute approximate surface area is 218 Å². The first-order chi connectivity index (χ1) is 17.6. The van der Waals surface area contributed by atoms with Gasteiger partial charge >= 0.3 is 5.97 Å². The number of hydrogen-bond acceptors (Lipinski definition) is 7. The van der Waals surface area contributed by atoms with E-state index in [1.54, 1.807) is 13.8 Å². The van der Waals surface area contributed by atoms with Gasteiger partial charge in [0.2, 0.25) is 11.8 Å². The monoisotopic (exact) mass is 536 g/mol. The molecule has 0 spiro atoms. The van der Waals surface area contributed by atoms with Crippen molar-refractivity contribution in [3.05, 3.63) is 35.9 Å². The zero-order chi connectivity index (χ0) is 26.8. The van der Waals surface area contributed by atoms with E-state index >= 15 is 0 Å². The second kappa shape index (κ2) is 11.0. The molecule has 3 heterocycles. The fourth-order valence-electron chi connectivity index (χ4n) is 5.62. The Balaban J connectivity index is 1.56. The van der Waals surface area contributed by atoms with E-state index in [0.29, 0.717) is 26.3 Å². The van der Waals surface area contributed by atoms with Gasteiger partial charge in [0.05, 0.1) is 30.9 Å². The van der Waals surface area contributed by atoms with Crippen LogP contribution >= 0.6 is 10.0 Å². The molecule has 0 aliphatic carbocycles. The molecule has 4 rings (SSSR count). The van der Waals surface area contributed by atoms with Crippen LogP contribution in [0, 0.1) is 0 Å². The number of nitrogens with one attached hydrogen (secondary N) is 1. The molecule has 12 heteroatoms. The molecule has 3 fully saturated rings. The van der Waals surface area contributed by atoms with Gasteiger partial charge in [0.15, 0.2) is 0 Å². The number of carboxylic acid groups (broad SMARTS) is 1. The van der Waals surface area contributed by atoms with Crippen molar-refractivity contribution in [1.29, 1.82) is 0 Å². The molecule has 204 valence electrons. The lowest BCUT2D eigenvalue weighted by molar-refractivity contribution is -0.157. The van der Waals surface area contributed by atoms with Crippen LogP contribution in [0.4, 0.5) is 4.79 Å². The summed E-state index contributed by atoms with van der Waals surface area (Å²) in [4.78, 5) is 56.8. The Bertz CT molecular complexity index is 1030. The molecule has 3 aliphatic heterocycles. The molecule has 11 nitrogen and oxygen atoms in total. The number of amides is 3. The third-order valence-electron chi connectivity index (χ3n) is 7.70. The Morgan fingerprint density at radius 3 is 2.43 bits per heavy atom. The average molecular weight is 537 g/mol. The van der Waals surface area contributed by atoms with Gasteiger partial charge in [-0.3, -0.25) is 19.3 Å². The molecule has 0 bridgehead atoms. The normalized spacial score (nSPS) is 28.5. The topological polar surface area (TPSA) is 140 Å². The van der Waals surface area contributed by atoms with Crippen LogP contribution in [0.3, 0.4) is 0 Å². The molecule has 3 atom stereocenters. The minimum atomic E-state index is -2.76. The number of aliphatic hydroxyl groups excluding tert-OH is 1. The predicted octanol–water partition coefficient (Wildman–Crippen LogP) is 0.615. The van der Waals surface area contributed by atoms with Gasteiger partial charge in [-0.1, -0.05) is 30.3 Å². The number of carbonyl (C=O) groups is 4. The quantitative estimate of drug-likeness (QED) is 0.390. The van der Waals surface area contributed by atoms with Crippen LogP contribution in [0.2, 0.25) is 0 Å². The van der Waals surface area contributed by atoms with E-state index in [1.165, 1.54) is 9.80 Å². The van der Waals surface area contributed by atoms with Crippen molar-refractivity contribution in [3.8, 4) is 0 Å². The lowest BCUT2D eigenvalue weighted by Gasteiger charge is -2.50. The highest BCUT2D eigenvalue weighted by atomic mass is 32.3. The van der Waals surface area contributed by atoms with Crippen molar-refractivity contribution in [2.45, 2.75) is 43.0 Å². The summed E-state index contributed by atoms with van der Waals surface area (Å²) in [5.74, 6) is -2.43. The van der Waals surface area contributed by atoms with Crippen LogP contribution in [0.25, 0.3) is 0 Å². The van der Waals surface area contributed by atoms with Gasteiger partial charge in [-0.05, 0) is 19.4 Å². The first-order valence-corrected chi connectivity index (χ1v) is 14.3. The third-order valence-corrected chi connectivity index (χ3v) is 12.4. The number of benzene rings is 1.